The Bertz CT molecular complexity index is 1250. The predicted molar refractivity (Wildman–Crippen MR) is 171 cm³/mol. The zero-order valence-corrected chi connectivity index (χ0v) is 25.4. The van der Waals surface area contributed by atoms with Crippen molar-refractivity contribution in [3.63, 3.8) is 0 Å². The zero-order chi connectivity index (χ0) is 27.2. The minimum absolute atomic E-state index is 0.344. The van der Waals surface area contributed by atoms with E-state index in [1.165, 1.54) is 64.2 Å². The summed E-state index contributed by atoms with van der Waals surface area (Å²) in [5.74, 6) is 4.56. The summed E-state index contributed by atoms with van der Waals surface area (Å²) < 4.78 is 0. The van der Waals surface area contributed by atoms with Gasteiger partial charge in [-0.2, -0.15) is 0 Å². The molecule has 0 spiro atoms. The minimum Gasteiger partial charge on any atom is -0.286 e. The molecule has 3 nitrogen and oxygen atoms in total. The van der Waals surface area contributed by atoms with Gasteiger partial charge in [0.25, 0.3) is 0 Å². The summed E-state index contributed by atoms with van der Waals surface area (Å²) in [6.45, 7) is 0. The molecule has 6 aliphatic carbocycles. The van der Waals surface area contributed by atoms with E-state index in [2.05, 4.69) is 94.9 Å². The molecule has 0 aromatic heterocycles. The highest BCUT2D eigenvalue weighted by Gasteiger charge is 2.46. The molecule has 41 heavy (non-hydrogen) atoms. The Morgan fingerprint density at radius 2 is 1.46 bits per heavy atom. The first-order valence-corrected chi connectivity index (χ1v) is 17.9. The van der Waals surface area contributed by atoms with Crippen LogP contribution in [0.25, 0.3) is 0 Å². The first-order chi connectivity index (χ1) is 20.3. The van der Waals surface area contributed by atoms with Gasteiger partial charge in [-0.1, -0.05) is 84.2 Å². The third-order valence-corrected chi connectivity index (χ3v) is 13.5. The van der Waals surface area contributed by atoms with Gasteiger partial charge in [-0.15, -0.1) is 0 Å². The maximum atomic E-state index is 4.24. The topological polar surface area (TPSA) is 36.1 Å². The Morgan fingerprint density at radius 3 is 2.32 bits per heavy atom. The van der Waals surface area contributed by atoms with Crippen LogP contribution in [0.4, 0.5) is 0 Å². The maximum Gasteiger partial charge on any atom is 0.0841 e. The molecular weight excluding hydrogens is 515 g/mol. The number of hydrogen-bond acceptors (Lipinski definition) is 3. The van der Waals surface area contributed by atoms with E-state index in [1.807, 2.05) is 0 Å². The summed E-state index contributed by atoms with van der Waals surface area (Å²) in [5.41, 5.74) is 4.11. The second-order valence-electron chi connectivity index (χ2n) is 13.9. The van der Waals surface area contributed by atoms with E-state index in [0.717, 1.165) is 21.0 Å². The third kappa shape index (κ3) is 5.13. The van der Waals surface area contributed by atoms with Gasteiger partial charge < -0.3 is 0 Å². The Labute approximate surface area is 250 Å². The molecule has 2 aliphatic heterocycles. The van der Waals surface area contributed by atoms with Crippen molar-refractivity contribution in [2.75, 3.05) is 0 Å². The second-order valence-corrected chi connectivity index (χ2v) is 15.5. The minimum atomic E-state index is 0.344. The Kier molecular flexibility index (Phi) is 7.53. The van der Waals surface area contributed by atoms with Gasteiger partial charge in [0.2, 0.25) is 0 Å². The van der Waals surface area contributed by atoms with Crippen LogP contribution in [0.2, 0.25) is 5.54 Å². The maximum absolute atomic E-state index is 4.24. The number of fused-ring (bicyclic) bond motifs is 3. The molecule has 4 heteroatoms. The Hall–Kier alpha value is -1.98. The first-order valence-electron chi connectivity index (χ1n) is 16.8. The van der Waals surface area contributed by atoms with Crippen LogP contribution in [0.1, 0.15) is 64.2 Å². The highest BCUT2D eigenvalue weighted by atomic mass is 28.2. The van der Waals surface area contributed by atoms with Crippen molar-refractivity contribution in [1.29, 1.82) is 0 Å². The van der Waals surface area contributed by atoms with Gasteiger partial charge in [-0.3, -0.25) is 16.0 Å². The fourth-order valence-corrected chi connectivity index (χ4v) is 11.4. The smallest absolute Gasteiger partial charge is 0.0841 e. The fourth-order valence-electron chi connectivity index (χ4n) is 9.61. The van der Waals surface area contributed by atoms with E-state index in [4.69, 9.17) is 0 Å². The lowest BCUT2D eigenvalue weighted by atomic mass is 9.60. The van der Waals surface area contributed by atoms with Crippen molar-refractivity contribution in [2.45, 2.75) is 88.2 Å². The molecule has 0 bridgehead atoms. The molecule has 11 unspecified atom stereocenters. The van der Waals surface area contributed by atoms with Crippen molar-refractivity contribution >= 4 is 9.52 Å². The van der Waals surface area contributed by atoms with E-state index >= 15 is 0 Å². The molecule has 0 amide bonds. The van der Waals surface area contributed by atoms with Gasteiger partial charge in [0.15, 0.2) is 0 Å². The molecule has 3 N–H and O–H groups in total. The molecule has 2 radical (unpaired) electrons. The molecular formula is C37H47N3Si. The summed E-state index contributed by atoms with van der Waals surface area (Å²) >= 11 is 0. The number of hydrogen-bond donors (Lipinski definition) is 3. The van der Waals surface area contributed by atoms with Crippen LogP contribution in [0, 0.1) is 41.4 Å². The van der Waals surface area contributed by atoms with E-state index in [9.17, 15) is 0 Å². The van der Waals surface area contributed by atoms with Gasteiger partial charge in [0.05, 0.1) is 28.0 Å². The summed E-state index contributed by atoms with van der Waals surface area (Å²) in [4.78, 5) is 0. The van der Waals surface area contributed by atoms with Crippen molar-refractivity contribution in [3.05, 3.63) is 95.3 Å². The summed E-state index contributed by atoms with van der Waals surface area (Å²) in [7, 11) is 1.04. The first kappa shape index (κ1) is 26.6. The van der Waals surface area contributed by atoms with Crippen molar-refractivity contribution < 1.29 is 0 Å². The van der Waals surface area contributed by atoms with Crippen LogP contribution in [0.3, 0.4) is 0 Å². The summed E-state index contributed by atoms with van der Waals surface area (Å²) in [6, 6.07) is 0. The predicted octanol–water partition coefficient (Wildman–Crippen LogP) is 7.07. The quantitative estimate of drug-likeness (QED) is 0.254. The molecule has 8 rings (SSSR count). The van der Waals surface area contributed by atoms with Gasteiger partial charge in [-0.05, 0) is 116 Å². The van der Waals surface area contributed by atoms with Gasteiger partial charge >= 0.3 is 0 Å². The molecule has 8 aliphatic rings. The Morgan fingerprint density at radius 1 is 0.634 bits per heavy atom. The van der Waals surface area contributed by atoms with Crippen LogP contribution in [-0.4, -0.2) is 28.0 Å². The summed E-state index contributed by atoms with van der Waals surface area (Å²) in [6.07, 6.45) is 45.5. The van der Waals surface area contributed by atoms with E-state index < -0.39 is 0 Å². The number of rotatable bonds is 4. The molecule has 11 atom stereocenters. The fraction of sp³-hybridized carbons (Fsp3) is 0.568. The van der Waals surface area contributed by atoms with Crippen LogP contribution in [0.15, 0.2) is 95.3 Å². The van der Waals surface area contributed by atoms with E-state index in [0.29, 0.717) is 54.0 Å². The normalized spacial score (nSPS) is 44.9. The molecule has 2 fully saturated rings. The average Bonchev–Trinajstić information content (AvgIpc) is 3.43. The SMILES string of the molecule is C1=CCC(C2CCC(C3NC(C4C=C5C6=C(CCC=C6)[Si]C5CC4)NC(C4CC=CCC4)N3)C3C=CC=CC32)C=C1. The standard InChI is InChI=1S/C37H47N3Si/c1-3-11-24(12-4-1)27-20-21-31(29-16-8-7-15-28(27)29)37-39-35(25-13-5-2-6-14-25)38-36(40-37)26-19-22-34-32(23-26)30-17-9-10-18-33(30)41-34/h1-5,7-9,11,15-17,23-29,31,34-40H,6,10,12-14,18-22H2. The van der Waals surface area contributed by atoms with Gasteiger partial charge in [0.1, 0.15) is 0 Å². The lowest BCUT2D eigenvalue weighted by Gasteiger charge is -2.52. The lowest BCUT2D eigenvalue weighted by Crippen LogP contribution is -2.73. The van der Waals surface area contributed by atoms with E-state index in [-0.39, 0.29) is 0 Å². The lowest BCUT2D eigenvalue weighted by molar-refractivity contribution is 0.0356. The highest BCUT2D eigenvalue weighted by Crippen LogP contribution is 2.49. The van der Waals surface area contributed by atoms with Crippen LogP contribution in [-0.2, 0) is 0 Å². The second kappa shape index (κ2) is 11.6. The van der Waals surface area contributed by atoms with Crippen LogP contribution >= 0.6 is 0 Å². The van der Waals surface area contributed by atoms with Crippen molar-refractivity contribution in [2.24, 2.45) is 41.4 Å². The average molecular weight is 562 g/mol. The zero-order valence-electron chi connectivity index (χ0n) is 24.4. The highest BCUT2D eigenvalue weighted by molar-refractivity contribution is 6.51. The molecule has 1 saturated carbocycles. The molecule has 0 aromatic carbocycles. The summed E-state index contributed by atoms with van der Waals surface area (Å²) in [5, 5.41) is 14.4. The molecule has 214 valence electrons. The molecule has 2 heterocycles. The number of allylic oxidation sites excluding steroid dienone is 15. The molecule has 0 aromatic rings. The Balaban J connectivity index is 1.06. The van der Waals surface area contributed by atoms with Crippen LogP contribution < -0.4 is 16.0 Å². The van der Waals surface area contributed by atoms with Crippen molar-refractivity contribution in [1.82, 2.24) is 16.0 Å². The van der Waals surface area contributed by atoms with Crippen LogP contribution in [0.5, 0.6) is 0 Å². The largest absolute Gasteiger partial charge is 0.286 e. The monoisotopic (exact) mass is 561 g/mol. The molecule has 1 saturated heterocycles. The van der Waals surface area contributed by atoms with Crippen molar-refractivity contribution in [3.8, 4) is 0 Å². The number of nitrogens with one attached hydrogen (secondary N) is 3. The van der Waals surface area contributed by atoms with Gasteiger partial charge in [0, 0.05) is 5.92 Å². The van der Waals surface area contributed by atoms with E-state index in [1.54, 1.807) is 16.3 Å². The third-order valence-electron chi connectivity index (χ3n) is 11.7. The van der Waals surface area contributed by atoms with Gasteiger partial charge in [-0.25, -0.2) is 0 Å².